The van der Waals surface area contributed by atoms with Gasteiger partial charge in [-0.2, -0.15) is 0 Å². The molecule has 26 heavy (non-hydrogen) atoms. The van der Waals surface area contributed by atoms with E-state index < -0.39 is 0 Å². The van der Waals surface area contributed by atoms with Crippen LogP contribution in [-0.2, 0) is 0 Å². The Bertz CT molecular complexity index is 812. The Balaban J connectivity index is 1.58. The van der Waals surface area contributed by atoms with Crippen molar-refractivity contribution in [3.05, 3.63) is 58.6 Å². The molecule has 0 bridgehead atoms. The minimum atomic E-state index is -0.122. The highest BCUT2D eigenvalue weighted by atomic mass is 35.5. The molecule has 1 aliphatic rings. The number of hydrogen-bond donors (Lipinski definition) is 1. The fraction of sp³-hybridized carbons (Fsp3) is 0.300. The SMILES string of the molecule is CC(=O)c1ccc(NC(=O)N2CCN(c3cccc(Cl)c3C)CC2)cc1. The number of Topliss-reactive ketones (excluding diaryl/α,β-unsaturated/α-hetero) is 1. The Hall–Kier alpha value is -2.53. The third-order valence-electron chi connectivity index (χ3n) is 4.69. The standard InChI is InChI=1S/C20H22ClN3O2/c1-14-18(21)4-3-5-19(14)23-10-12-24(13-11-23)20(26)22-17-8-6-16(7-9-17)15(2)25/h3-9H,10-13H2,1-2H3,(H,22,26). The van der Waals surface area contributed by atoms with Crippen LogP contribution in [0.25, 0.3) is 0 Å². The number of piperazine rings is 1. The summed E-state index contributed by atoms with van der Waals surface area (Å²) in [7, 11) is 0. The third kappa shape index (κ3) is 3.99. The molecule has 3 rings (SSSR count). The van der Waals surface area contributed by atoms with Gasteiger partial charge in [-0.15, -0.1) is 0 Å². The van der Waals surface area contributed by atoms with Crippen molar-refractivity contribution < 1.29 is 9.59 Å². The zero-order valence-electron chi connectivity index (χ0n) is 15.0. The first-order valence-electron chi connectivity index (χ1n) is 8.62. The largest absolute Gasteiger partial charge is 0.368 e. The van der Waals surface area contributed by atoms with Crippen molar-refractivity contribution >= 4 is 34.8 Å². The van der Waals surface area contributed by atoms with E-state index in [1.807, 2.05) is 19.1 Å². The number of carbonyl (C=O) groups excluding carboxylic acids is 2. The zero-order valence-corrected chi connectivity index (χ0v) is 15.7. The molecule has 0 spiro atoms. The number of urea groups is 1. The third-order valence-corrected chi connectivity index (χ3v) is 5.10. The molecular weight excluding hydrogens is 350 g/mol. The molecule has 1 saturated heterocycles. The van der Waals surface area contributed by atoms with E-state index in [0.29, 0.717) is 24.3 Å². The van der Waals surface area contributed by atoms with Gasteiger partial charge in [-0.05, 0) is 55.8 Å². The summed E-state index contributed by atoms with van der Waals surface area (Å²) in [6.45, 7) is 6.35. The molecule has 1 heterocycles. The topological polar surface area (TPSA) is 52.7 Å². The van der Waals surface area contributed by atoms with Gasteiger partial charge in [0.2, 0.25) is 0 Å². The Morgan fingerprint density at radius 2 is 1.65 bits per heavy atom. The van der Waals surface area contributed by atoms with Crippen molar-refractivity contribution in [1.82, 2.24) is 4.90 Å². The van der Waals surface area contributed by atoms with E-state index in [0.717, 1.165) is 29.4 Å². The van der Waals surface area contributed by atoms with Crippen LogP contribution >= 0.6 is 11.6 Å². The number of nitrogens with one attached hydrogen (secondary N) is 1. The van der Waals surface area contributed by atoms with Crippen molar-refractivity contribution in [2.45, 2.75) is 13.8 Å². The number of carbonyl (C=O) groups is 2. The average Bonchev–Trinajstić information content (AvgIpc) is 2.64. The Morgan fingerprint density at radius 1 is 1.00 bits per heavy atom. The van der Waals surface area contributed by atoms with Gasteiger partial charge in [0, 0.05) is 48.1 Å². The summed E-state index contributed by atoms with van der Waals surface area (Å²) in [5.74, 6) is 0.00954. The maximum atomic E-state index is 12.5. The van der Waals surface area contributed by atoms with Crippen molar-refractivity contribution in [2.75, 3.05) is 36.4 Å². The Labute approximate surface area is 158 Å². The molecule has 0 unspecified atom stereocenters. The van der Waals surface area contributed by atoms with Gasteiger partial charge >= 0.3 is 6.03 Å². The molecule has 6 heteroatoms. The van der Waals surface area contributed by atoms with Gasteiger partial charge in [-0.3, -0.25) is 4.79 Å². The van der Waals surface area contributed by atoms with Gasteiger partial charge in [0.05, 0.1) is 0 Å². The number of benzene rings is 2. The second kappa shape index (κ2) is 7.79. The fourth-order valence-corrected chi connectivity index (χ4v) is 3.25. The van der Waals surface area contributed by atoms with E-state index >= 15 is 0 Å². The van der Waals surface area contributed by atoms with Crippen molar-refractivity contribution in [1.29, 1.82) is 0 Å². The maximum Gasteiger partial charge on any atom is 0.321 e. The minimum absolute atomic E-state index is 0.00954. The molecule has 0 saturated carbocycles. The number of rotatable bonds is 3. The van der Waals surface area contributed by atoms with E-state index in [-0.39, 0.29) is 11.8 Å². The van der Waals surface area contributed by atoms with Gasteiger partial charge in [0.25, 0.3) is 0 Å². The first kappa shape index (κ1) is 18.3. The summed E-state index contributed by atoms with van der Waals surface area (Å²) in [6.07, 6.45) is 0. The lowest BCUT2D eigenvalue weighted by Gasteiger charge is -2.36. The van der Waals surface area contributed by atoms with Crippen LogP contribution in [0.15, 0.2) is 42.5 Å². The van der Waals surface area contributed by atoms with Gasteiger partial charge in [0.1, 0.15) is 0 Å². The van der Waals surface area contributed by atoms with E-state index in [4.69, 9.17) is 11.6 Å². The summed E-state index contributed by atoms with van der Waals surface area (Å²) >= 11 is 6.21. The van der Waals surface area contributed by atoms with Crippen molar-refractivity contribution in [3.8, 4) is 0 Å². The molecule has 2 aromatic rings. The van der Waals surface area contributed by atoms with Crippen LogP contribution in [0.3, 0.4) is 0 Å². The van der Waals surface area contributed by atoms with E-state index in [9.17, 15) is 9.59 Å². The van der Waals surface area contributed by atoms with Crippen LogP contribution in [0.4, 0.5) is 16.2 Å². The van der Waals surface area contributed by atoms with Crippen molar-refractivity contribution in [3.63, 3.8) is 0 Å². The predicted molar refractivity (Wildman–Crippen MR) is 105 cm³/mol. The summed E-state index contributed by atoms with van der Waals surface area (Å²) < 4.78 is 0. The number of hydrogen-bond acceptors (Lipinski definition) is 3. The molecule has 5 nitrogen and oxygen atoms in total. The van der Waals surface area contributed by atoms with E-state index in [1.165, 1.54) is 6.92 Å². The summed E-state index contributed by atoms with van der Waals surface area (Å²) in [5, 5.41) is 3.65. The highest BCUT2D eigenvalue weighted by Gasteiger charge is 2.22. The molecule has 1 aliphatic heterocycles. The molecule has 1 fully saturated rings. The molecule has 0 radical (unpaired) electrons. The normalized spacial score (nSPS) is 14.3. The molecule has 0 aliphatic carbocycles. The first-order valence-corrected chi connectivity index (χ1v) is 9.00. The van der Waals surface area contributed by atoms with Crippen molar-refractivity contribution in [2.24, 2.45) is 0 Å². The maximum absolute atomic E-state index is 12.5. The summed E-state index contributed by atoms with van der Waals surface area (Å²) in [5.41, 5.74) is 3.51. The van der Waals surface area contributed by atoms with Crippen LogP contribution in [0.2, 0.25) is 5.02 Å². The Kier molecular flexibility index (Phi) is 5.47. The molecular formula is C20H22ClN3O2. The van der Waals surface area contributed by atoms with Crippen LogP contribution < -0.4 is 10.2 Å². The Morgan fingerprint density at radius 3 is 2.27 bits per heavy atom. The van der Waals surface area contributed by atoms with E-state index in [2.05, 4.69) is 16.3 Å². The second-order valence-electron chi connectivity index (χ2n) is 6.42. The molecule has 0 atom stereocenters. The van der Waals surface area contributed by atoms with Gasteiger partial charge in [-0.25, -0.2) is 4.79 Å². The monoisotopic (exact) mass is 371 g/mol. The lowest BCUT2D eigenvalue weighted by atomic mass is 10.1. The number of amides is 2. The minimum Gasteiger partial charge on any atom is -0.368 e. The van der Waals surface area contributed by atoms with Crippen LogP contribution in [0.1, 0.15) is 22.8 Å². The quantitative estimate of drug-likeness (QED) is 0.822. The summed E-state index contributed by atoms with van der Waals surface area (Å²) in [4.78, 5) is 27.8. The molecule has 1 N–H and O–H groups in total. The summed E-state index contributed by atoms with van der Waals surface area (Å²) in [6, 6.07) is 12.7. The fourth-order valence-electron chi connectivity index (χ4n) is 3.08. The lowest BCUT2D eigenvalue weighted by Crippen LogP contribution is -2.50. The molecule has 2 amide bonds. The number of nitrogens with zero attached hydrogens (tertiary/aromatic N) is 2. The smallest absolute Gasteiger partial charge is 0.321 e. The highest BCUT2D eigenvalue weighted by molar-refractivity contribution is 6.31. The van der Waals surface area contributed by atoms with Crippen LogP contribution in [0, 0.1) is 6.92 Å². The van der Waals surface area contributed by atoms with Crippen LogP contribution in [0.5, 0.6) is 0 Å². The van der Waals surface area contributed by atoms with Gasteiger partial charge in [-0.1, -0.05) is 17.7 Å². The van der Waals surface area contributed by atoms with Gasteiger partial charge in [0.15, 0.2) is 5.78 Å². The average molecular weight is 372 g/mol. The zero-order chi connectivity index (χ0) is 18.7. The number of anilines is 2. The van der Waals surface area contributed by atoms with E-state index in [1.54, 1.807) is 29.2 Å². The first-order chi connectivity index (χ1) is 12.5. The molecule has 2 aromatic carbocycles. The van der Waals surface area contributed by atoms with Crippen LogP contribution in [-0.4, -0.2) is 42.9 Å². The number of ketones is 1. The lowest BCUT2D eigenvalue weighted by molar-refractivity contribution is 0.101. The number of halogens is 1. The predicted octanol–water partition coefficient (Wildman–Crippen LogP) is 4.21. The van der Waals surface area contributed by atoms with Gasteiger partial charge < -0.3 is 15.1 Å². The second-order valence-corrected chi connectivity index (χ2v) is 6.83. The molecule has 136 valence electrons. The molecule has 0 aromatic heterocycles. The highest BCUT2D eigenvalue weighted by Crippen LogP contribution is 2.27.